The highest BCUT2D eigenvalue weighted by Gasteiger charge is 2.35. The van der Waals surface area contributed by atoms with Gasteiger partial charge >= 0.3 is 0 Å². The molecule has 1 aromatic carbocycles. The van der Waals surface area contributed by atoms with E-state index in [0.717, 1.165) is 25.7 Å². The van der Waals surface area contributed by atoms with Crippen molar-refractivity contribution in [2.75, 3.05) is 0 Å². The molecule has 0 saturated heterocycles. The summed E-state index contributed by atoms with van der Waals surface area (Å²) in [6, 6.07) is 3.07. The maximum absolute atomic E-state index is 6.28. The lowest BCUT2D eigenvalue weighted by Crippen LogP contribution is -2.34. The van der Waals surface area contributed by atoms with Crippen LogP contribution < -0.4 is 10.5 Å². The van der Waals surface area contributed by atoms with Crippen LogP contribution in [-0.2, 0) is 12.1 Å². The molecule has 5 nitrogen and oxygen atoms in total. The van der Waals surface area contributed by atoms with Gasteiger partial charge < -0.3 is 15.0 Å². The van der Waals surface area contributed by atoms with Crippen LogP contribution in [0.2, 0.25) is 15.1 Å². The summed E-state index contributed by atoms with van der Waals surface area (Å²) >= 11 is 17.8. The summed E-state index contributed by atoms with van der Waals surface area (Å²) in [6.07, 6.45) is 3.89. The van der Waals surface area contributed by atoms with E-state index in [1.807, 2.05) is 0 Å². The summed E-state index contributed by atoms with van der Waals surface area (Å²) < 4.78 is 10.7. The van der Waals surface area contributed by atoms with E-state index in [4.69, 9.17) is 49.8 Å². The quantitative estimate of drug-likeness (QED) is 0.751. The van der Waals surface area contributed by atoms with Crippen LogP contribution in [0.4, 0.5) is 0 Å². The van der Waals surface area contributed by atoms with Crippen molar-refractivity contribution < 1.29 is 9.26 Å². The largest absolute Gasteiger partial charge is 0.482 e. The van der Waals surface area contributed by atoms with E-state index in [1.165, 1.54) is 6.07 Å². The fourth-order valence-electron chi connectivity index (χ4n) is 2.50. The number of rotatable bonds is 4. The van der Waals surface area contributed by atoms with Crippen molar-refractivity contribution >= 4 is 47.2 Å². The van der Waals surface area contributed by atoms with Gasteiger partial charge in [-0.15, -0.1) is 12.4 Å². The van der Waals surface area contributed by atoms with Crippen molar-refractivity contribution in [2.45, 2.75) is 37.8 Å². The molecule has 0 atom stereocenters. The molecule has 0 bridgehead atoms. The lowest BCUT2D eigenvalue weighted by Gasteiger charge is -2.17. The Morgan fingerprint density at radius 2 is 1.78 bits per heavy atom. The first-order chi connectivity index (χ1) is 10.5. The number of halogens is 4. The third-order valence-electron chi connectivity index (χ3n) is 3.74. The third-order valence-corrected chi connectivity index (χ3v) is 4.75. The van der Waals surface area contributed by atoms with Crippen LogP contribution >= 0.6 is 47.2 Å². The number of benzene rings is 1. The molecule has 2 N–H and O–H groups in total. The van der Waals surface area contributed by atoms with Crippen molar-refractivity contribution in [2.24, 2.45) is 5.73 Å². The zero-order chi connectivity index (χ0) is 15.7. The van der Waals surface area contributed by atoms with Crippen LogP contribution in [0.5, 0.6) is 5.75 Å². The average Bonchev–Trinajstić information content (AvgIpc) is 3.11. The Hall–Kier alpha value is -0.720. The first-order valence-electron chi connectivity index (χ1n) is 6.87. The molecule has 1 aromatic heterocycles. The van der Waals surface area contributed by atoms with Gasteiger partial charge in [0.2, 0.25) is 0 Å². The molecule has 1 aliphatic rings. The molecular formula is C14H15Cl4N3O2. The Balaban J connectivity index is 0.00000192. The highest BCUT2D eigenvalue weighted by molar-refractivity contribution is 6.43. The zero-order valence-corrected chi connectivity index (χ0v) is 15.1. The van der Waals surface area contributed by atoms with Crippen LogP contribution in [0, 0.1) is 0 Å². The van der Waals surface area contributed by atoms with Crippen LogP contribution in [-0.4, -0.2) is 10.1 Å². The van der Waals surface area contributed by atoms with Gasteiger partial charge in [0.1, 0.15) is 5.75 Å². The summed E-state index contributed by atoms with van der Waals surface area (Å²) in [5.74, 6) is 1.27. The molecule has 1 heterocycles. The molecule has 9 heteroatoms. The van der Waals surface area contributed by atoms with Gasteiger partial charge in [0.05, 0.1) is 20.6 Å². The van der Waals surface area contributed by atoms with Crippen LogP contribution in [0.3, 0.4) is 0 Å². The molecule has 0 radical (unpaired) electrons. The second-order valence-electron chi connectivity index (χ2n) is 5.36. The average molecular weight is 399 g/mol. The van der Waals surface area contributed by atoms with E-state index in [9.17, 15) is 0 Å². The van der Waals surface area contributed by atoms with Crippen molar-refractivity contribution in [3.8, 4) is 5.75 Å². The van der Waals surface area contributed by atoms with Crippen molar-refractivity contribution in [3.63, 3.8) is 0 Å². The van der Waals surface area contributed by atoms with Crippen molar-refractivity contribution in [1.29, 1.82) is 0 Å². The summed E-state index contributed by atoms with van der Waals surface area (Å²) in [5.41, 5.74) is 5.80. The number of nitrogens with zero attached hydrogens (tertiary/aromatic N) is 2. The Morgan fingerprint density at radius 3 is 2.48 bits per heavy atom. The van der Waals surface area contributed by atoms with Crippen molar-refractivity contribution in [1.82, 2.24) is 10.1 Å². The molecule has 0 aliphatic heterocycles. The highest BCUT2D eigenvalue weighted by atomic mass is 35.5. The minimum atomic E-state index is -0.483. The lowest BCUT2D eigenvalue weighted by molar-refractivity contribution is 0.241. The molecule has 126 valence electrons. The molecule has 1 saturated carbocycles. The zero-order valence-electron chi connectivity index (χ0n) is 12.0. The summed E-state index contributed by atoms with van der Waals surface area (Å²) in [4.78, 5) is 4.32. The standard InChI is InChI=1S/C14H14Cl3N3O2.ClH/c15-8-5-10(17)11(6-9(8)16)21-7-12-19-13(20-22-12)14(18)3-1-2-4-14;/h5-6H,1-4,7,18H2;1H. The number of hydrogen-bond acceptors (Lipinski definition) is 5. The van der Waals surface area contributed by atoms with E-state index in [1.54, 1.807) is 6.07 Å². The van der Waals surface area contributed by atoms with Gasteiger partial charge in [0.25, 0.3) is 5.89 Å². The molecule has 1 aliphatic carbocycles. The Kier molecular flexibility index (Phi) is 6.03. The monoisotopic (exact) mass is 397 g/mol. The van der Waals surface area contributed by atoms with Crippen LogP contribution in [0.25, 0.3) is 0 Å². The van der Waals surface area contributed by atoms with Crippen LogP contribution in [0.15, 0.2) is 16.7 Å². The topological polar surface area (TPSA) is 74.2 Å². The Bertz CT molecular complexity index is 687. The fourth-order valence-corrected chi connectivity index (χ4v) is 3.09. The first kappa shape index (κ1) is 18.6. The van der Waals surface area contributed by atoms with Crippen LogP contribution in [0.1, 0.15) is 37.4 Å². The minimum Gasteiger partial charge on any atom is -0.482 e. The predicted molar refractivity (Wildman–Crippen MR) is 91.7 cm³/mol. The van der Waals surface area contributed by atoms with Gasteiger partial charge in [0, 0.05) is 6.07 Å². The summed E-state index contributed by atoms with van der Waals surface area (Å²) in [6.45, 7) is 0.0841. The summed E-state index contributed by atoms with van der Waals surface area (Å²) in [5, 5.41) is 5.05. The molecule has 0 unspecified atom stereocenters. The van der Waals surface area contributed by atoms with Gasteiger partial charge in [-0.25, -0.2) is 0 Å². The molecule has 2 aromatic rings. The molecule has 0 amide bonds. The van der Waals surface area contributed by atoms with E-state index in [2.05, 4.69) is 10.1 Å². The number of hydrogen-bond donors (Lipinski definition) is 1. The normalized spacial score (nSPS) is 16.2. The maximum Gasteiger partial charge on any atom is 0.264 e. The number of aromatic nitrogens is 2. The molecule has 0 spiro atoms. The Morgan fingerprint density at radius 1 is 1.13 bits per heavy atom. The lowest BCUT2D eigenvalue weighted by atomic mass is 9.99. The van der Waals surface area contributed by atoms with E-state index in [0.29, 0.717) is 32.5 Å². The number of nitrogens with two attached hydrogens (primary N) is 1. The third kappa shape index (κ3) is 4.03. The molecule has 3 rings (SSSR count). The first-order valence-corrected chi connectivity index (χ1v) is 8.01. The van der Waals surface area contributed by atoms with Gasteiger partial charge in [-0.05, 0) is 18.9 Å². The molecule has 23 heavy (non-hydrogen) atoms. The molecular weight excluding hydrogens is 384 g/mol. The summed E-state index contributed by atoms with van der Waals surface area (Å²) in [7, 11) is 0. The second-order valence-corrected chi connectivity index (χ2v) is 6.58. The molecule has 1 fully saturated rings. The SMILES string of the molecule is Cl.NC1(c2noc(COc3cc(Cl)c(Cl)cc3Cl)n2)CCCC1. The second kappa shape index (κ2) is 7.45. The van der Waals surface area contributed by atoms with Gasteiger partial charge in [-0.3, -0.25) is 0 Å². The highest BCUT2D eigenvalue weighted by Crippen LogP contribution is 2.35. The fraction of sp³-hybridized carbons (Fsp3) is 0.429. The van der Waals surface area contributed by atoms with Gasteiger partial charge in [0.15, 0.2) is 12.4 Å². The maximum atomic E-state index is 6.28. The van der Waals surface area contributed by atoms with Gasteiger partial charge in [-0.1, -0.05) is 52.8 Å². The van der Waals surface area contributed by atoms with E-state index in [-0.39, 0.29) is 19.0 Å². The van der Waals surface area contributed by atoms with Crippen molar-refractivity contribution in [3.05, 3.63) is 38.9 Å². The number of ether oxygens (including phenoxy) is 1. The Labute approximate surface area is 154 Å². The van der Waals surface area contributed by atoms with Gasteiger partial charge in [-0.2, -0.15) is 4.98 Å². The predicted octanol–water partition coefficient (Wildman–Crippen LogP) is 4.76. The van der Waals surface area contributed by atoms with E-state index >= 15 is 0 Å². The minimum absolute atomic E-state index is 0. The smallest absolute Gasteiger partial charge is 0.264 e. The van der Waals surface area contributed by atoms with E-state index < -0.39 is 5.54 Å².